The molecule has 114 valence electrons. The van der Waals surface area contributed by atoms with Gasteiger partial charge in [0.1, 0.15) is 11.6 Å². The molecule has 0 radical (unpaired) electrons. The first kappa shape index (κ1) is 16.0. The summed E-state index contributed by atoms with van der Waals surface area (Å²) < 4.78 is 19.0. The average molecular weight is 320 g/mol. The van der Waals surface area contributed by atoms with Gasteiger partial charge in [-0.1, -0.05) is 29.8 Å². The van der Waals surface area contributed by atoms with Gasteiger partial charge >= 0.3 is 0 Å². The maximum atomic E-state index is 13.6. The van der Waals surface area contributed by atoms with E-state index in [9.17, 15) is 9.18 Å². The van der Waals surface area contributed by atoms with Crippen LogP contribution in [-0.4, -0.2) is 12.5 Å². The summed E-state index contributed by atoms with van der Waals surface area (Å²) in [6.07, 6.45) is 2.57. The van der Waals surface area contributed by atoms with Crippen molar-refractivity contribution in [2.45, 2.75) is 6.92 Å². The molecule has 0 saturated carbocycles. The summed E-state index contributed by atoms with van der Waals surface area (Å²) in [6, 6.07) is 11.4. The Labute approximate surface area is 133 Å². The lowest BCUT2D eigenvalue weighted by atomic mass is 10.2. The van der Waals surface area contributed by atoms with Crippen LogP contribution in [0.5, 0.6) is 5.75 Å². The highest BCUT2D eigenvalue weighted by atomic mass is 35.5. The van der Waals surface area contributed by atoms with Crippen LogP contribution in [0.4, 0.5) is 10.1 Å². The van der Waals surface area contributed by atoms with Crippen molar-refractivity contribution >= 4 is 29.3 Å². The molecule has 22 heavy (non-hydrogen) atoms. The average Bonchev–Trinajstić information content (AvgIpc) is 2.49. The lowest BCUT2D eigenvalue weighted by Crippen LogP contribution is -2.09. The third kappa shape index (κ3) is 4.09. The van der Waals surface area contributed by atoms with Crippen LogP contribution in [0.25, 0.3) is 6.08 Å². The zero-order valence-corrected chi connectivity index (χ0v) is 12.7. The molecule has 1 N–H and O–H groups in total. The van der Waals surface area contributed by atoms with Crippen LogP contribution < -0.4 is 10.1 Å². The third-order valence-corrected chi connectivity index (χ3v) is 3.18. The van der Waals surface area contributed by atoms with Crippen molar-refractivity contribution in [1.82, 2.24) is 0 Å². The monoisotopic (exact) mass is 319 g/mol. The molecular weight excluding hydrogens is 305 g/mol. The van der Waals surface area contributed by atoms with E-state index in [0.29, 0.717) is 18.0 Å². The first-order valence-corrected chi connectivity index (χ1v) is 7.14. The molecule has 0 unspecified atom stereocenters. The molecule has 0 spiro atoms. The normalized spacial score (nSPS) is 10.7. The summed E-state index contributed by atoms with van der Waals surface area (Å²) in [5.74, 6) is -0.298. The van der Waals surface area contributed by atoms with Gasteiger partial charge in [0.25, 0.3) is 0 Å². The number of anilines is 1. The van der Waals surface area contributed by atoms with E-state index in [4.69, 9.17) is 16.3 Å². The van der Waals surface area contributed by atoms with Crippen LogP contribution in [-0.2, 0) is 4.79 Å². The predicted octanol–water partition coefficient (Wildman–Crippen LogP) is 4.53. The smallest absolute Gasteiger partial charge is 0.248 e. The zero-order chi connectivity index (χ0) is 15.9. The van der Waals surface area contributed by atoms with Gasteiger partial charge in [0.15, 0.2) is 0 Å². The number of amides is 1. The predicted molar refractivity (Wildman–Crippen MR) is 86.7 cm³/mol. The molecule has 0 fully saturated rings. The molecule has 2 aromatic rings. The van der Waals surface area contributed by atoms with Crippen LogP contribution in [0, 0.1) is 5.82 Å². The Bertz CT molecular complexity index is 681. The van der Waals surface area contributed by atoms with E-state index in [-0.39, 0.29) is 10.6 Å². The molecule has 3 nitrogen and oxygen atoms in total. The molecule has 0 aliphatic rings. The van der Waals surface area contributed by atoms with Gasteiger partial charge in [0, 0.05) is 11.6 Å². The second-order valence-corrected chi connectivity index (χ2v) is 4.79. The standard InChI is InChI=1S/C17H15ClFNO2/c1-2-22-16-9-4-3-8-15(16)20-17(21)11-10-12-13(18)6-5-7-14(12)19/h3-11H,2H2,1H3,(H,20,21)/b11-10+. The van der Waals surface area contributed by atoms with Gasteiger partial charge < -0.3 is 10.1 Å². The lowest BCUT2D eigenvalue weighted by Gasteiger charge is -2.09. The number of nitrogens with one attached hydrogen (secondary N) is 1. The molecule has 5 heteroatoms. The van der Waals surface area contributed by atoms with Crippen molar-refractivity contribution in [2.75, 3.05) is 11.9 Å². The van der Waals surface area contributed by atoms with E-state index in [2.05, 4.69) is 5.32 Å². The first-order chi connectivity index (χ1) is 10.6. The number of ether oxygens (including phenoxy) is 1. The number of carbonyl (C=O) groups is 1. The molecular formula is C17H15ClFNO2. The van der Waals surface area contributed by atoms with E-state index >= 15 is 0 Å². The van der Waals surface area contributed by atoms with Gasteiger partial charge in [0.2, 0.25) is 5.91 Å². The number of hydrogen-bond acceptors (Lipinski definition) is 2. The van der Waals surface area contributed by atoms with Crippen LogP contribution in [0.2, 0.25) is 5.02 Å². The topological polar surface area (TPSA) is 38.3 Å². The minimum Gasteiger partial charge on any atom is -0.492 e. The Kier molecular flexibility index (Phi) is 5.55. The van der Waals surface area contributed by atoms with Crippen molar-refractivity contribution < 1.29 is 13.9 Å². The van der Waals surface area contributed by atoms with Crippen LogP contribution in [0.15, 0.2) is 48.5 Å². The second kappa shape index (κ2) is 7.61. The summed E-state index contributed by atoms with van der Waals surface area (Å²) in [7, 11) is 0. The van der Waals surface area contributed by atoms with Crippen molar-refractivity contribution in [3.05, 3.63) is 64.9 Å². The molecule has 1 amide bonds. The van der Waals surface area contributed by atoms with E-state index in [1.54, 1.807) is 24.3 Å². The molecule has 0 aliphatic heterocycles. The maximum absolute atomic E-state index is 13.6. The van der Waals surface area contributed by atoms with E-state index in [1.807, 2.05) is 13.0 Å². The van der Waals surface area contributed by atoms with Crippen molar-refractivity contribution in [3.8, 4) is 5.75 Å². The number of carbonyl (C=O) groups excluding carboxylic acids is 1. The second-order valence-electron chi connectivity index (χ2n) is 4.39. The van der Waals surface area contributed by atoms with E-state index < -0.39 is 11.7 Å². The quantitative estimate of drug-likeness (QED) is 0.822. The number of halogens is 2. The molecule has 0 aromatic heterocycles. The highest BCUT2D eigenvalue weighted by Gasteiger charge is 2.06. The molecule has 2 aromatic carbocycles. The van der Waals surface area contributed by atoms with Crippen molar-refractivity contribution in [2.24, 2.45) is 0 Å². The molecule has 0 atom stereocenters. The number of hydrogen-bond donors (Lipinski definition) is 1. The third-order valence-electron chi connectivity index (χ3n) is 2.85. The van der Waals surface area contributed by atoms with Crippen LogP contribution in [0.3, 0.4) is 0 Å². The summed E-state index contributed by atoms with van der Waals surface area (Å²) in [5, 5.41) is 2.94. The fourth-order valence-electron chi connectivity index (χ4n) is 1.85. The highest BCUT2D eigenvalue weighted by Crippen LogP contribution is 2.24. The SMILES string of the molecule is CCOc1ccccc1NC(=O)/C=C/c1c(F)cccc1Cl. The Morgan fingerprint density at radius 2 is 2.05 bits per heavy atom. The van der Waals surface area contributed by atoms with Crippen molar-refractivity contribution in [1.29, 1.82) is 0 Å². The Morgan fingerprint density at radius 1 is 1.27 bits per heavy atom. The summed E-state index contributed by atoms with van der Waals surface area (Å²) in [6.45, 7) is 2.35. The zero-order valence-electron chi connectivity index (χ0n) is 12.0. The minimum atomic E-state index is -0.480. The van der Waals surface area contributed by atoms with E-state index in [0.717, 1.165) is 0 Å². The fraction of sp³-hybridized carbons (Fsp3) is 0.118. The summed E-state index contributed by atoms with van der Waals surface area (Å²) in [5.41, 5.74) is 0.732. The molecule has 0 bridgehead atoms. The van der Waals surface area contributed by atoms with Gasteiger partial charge in [-0.15, -0.1) is 0 Å². The minimum absolute atomic E-state index is 0.178. The largest absolute Gasteiger partial charge is 0.492 e. The van der Waals surface area contributed by atoms with Gasteiger partial charge in [-0.2, -0.15) is 0 Å². The number of rotatable bonds is 5. The molecule has 0 saturated heterocycles. The molecule has 2 rings (SSSR count). The Balaban J connectivity index is 2.12. The van der Waals surface area contributed by atoms with Gasteiger partial charge in [0.05, 0.1) is 17.3 Å². The lowest BCUT2D eigenvalue weighted by molar-refractivity contribution is -0.111. The molecule has 0 heterocycles. The highest BCUT2D eigenvalue weighted by molar-refractivity contribution is 6.32. The maximum Gasteiger partial charge on any atom is 0.248 e. The van der Waals surface area contributed by atoms with Crippen LogP contribution in [0.1, 0.15) is 12.5 Å². The first-order valence-electron chi connectivity index (χ1n) is 6.76. The Hall–Kier alpha value is -2.33. The van der Waals surface area contributed by atoms with E-state index in [1.165, 1.54) is 24.3 Å². The summed E-state index contributed by atoms with van der Waals surface area (Å²) in [4.78, 5) is 11.9. The number of benzene rings is 2. The Morgan fingerprint density at radius 3 is 2.77 bits per heavy atom. The number of para-hydroxylation sites is 2. The van der Waals surface area contributed by atoms with Gasteiger partial charge in [-0.05, 0) is 37.3 Å². The molecule has 0 aliphatic carbocycles. The van der Waals surface area contributed by atoms with Gasteiger partial charge in [-0.25, -0.2) is 4.39 Å². The van der Waals surface area contributed by atoms with Gasteiger partial charge in [-0.3, -0.25) is 4.79 Å². The van der Waals surface area contributed by atoms with Crippen molar-refractivity contribution in [3.63, 3.8) is 0 Å². The summed E-state index contributed by atoms with van der Waals surface area (Å²) >= 11 is 5.90. The van der Waals surface area contributed by atoms with Crippen LogP contribution >= 0.6 is 11.6 Å². The fourth-order valence-corrected chi connectivity index (χ4v) is 2.08.